The van der Waals surface area contributed by atoms with Crippen LogP contribution in [-0.4, -0.2) is 22.5 Å². The molecule has 1 aromatic heterocycles. The maximum absolute atomic E-state index is 12.4. The lowest BCUT2D eigenvalue weighted by molar-refractivity contribution is -0.138. The van der Waals surface area contributed by atoms with Crippen LogP contribution in [0.15, 0.2) is 16.7 Å². The number of carbonyl (C=O) groups is 2. The Morgan fingerprint density at radius 2 is 2.10 bits per heavy atom. The topological polar surface area (TPSA) is 79.5 Å². The highest BCUT2D eigenvalue weighted by Crippen LogP contribution is 2.33. The van der Waals surface area contributed by atoms with Gasteiger partial charge in [0.1, 0.15) is 5.76 Å². The first-order chi connectivity index (χ1) is 9.56. The van der Waals surface area contributed by atoms with Gasteiger partial charge >= 0.3 is 5.97 Å². The van der Waals surface area contributed by atoms with E-state index in [1.54, 1.807) is 6.07 Å². The summed E-state index contributed by atoms with van der Waals surface area (Å²) < 4.78 is 5.33. The molecule has 0 aliphatic heterocycles. The maximum Gasteiger partial charge on any atom is 0.305 e. The van der Waals surface area contributed by atoms with Gasteiger partial charge in [0.2, 0.25) is 0 Å². The van der Waals surface area contributed by atoms with E-state index in [1.165, 1.54) is 6.26 Å². The van der Waals surface area contributed by atoms with E-state index in [4.69, 9.17) is 9.52 Å². The molecule has 0 atom stereocenters. The number of rotatable bonds is 6. The molecule has 20 heavy (non-hydrogen) atoms. The van der Waals surface area contributed by atoms with Crippen molar-refractivity contribution < 1.29 is 19.1 Å². The molecular weight excluding hydrogens is 258 g/mol. The Morgan fingerprint density at radius 1 is 1.40 bits per heavy atom. The fraction of sp³-hybridized carbons (Fsp3) is 0.600. The minimum Gasteiger partial charge on any atom is -0.481 e. The number of nitrogens with one attached hydrogen (secondary N) is 1. The van der Waals surface area contributed by atoms with E-state index in [1.807, 2.05) is 6.92 Å². The van der Waals surface area contributed by atoms with Crippen molar-refractivity contribution in [2.45, 2.75) is 57.4 Å². The summed E-state index contributed by atoms with van der Waals surface area (Å²) in [5, 5.41) is 12.0. The van der Waals surface area contributed by atoms with Gasteiger partial charge in [-0.2, -0.15) is 0 Å². The number of aliphatic carboxylic acids is 1. The van der Waals surface area contributed by atoms with Crippen molar-refractivity contribution in [1.29, 1.82) is 0 Å². The SMILES string of the molecule is CCCc1occc1C(=O)NC1(CC(=O)O)CCCC1. The van der Waals surface area contributed by atoms with Crippen molar-refractivity contribution in [3.8, 4) is 0 Å². The van der Waals surface area contributed by atoms with Gasteiger partial charge < -0.3 is 14.8 Å². The van der Waals surface area contributed by atoms with Crippen LogP contribution in [0.1, 0.15) is 61.6 Å². The van der Waals surface area contributed by atoms with Gasteiger partial charge in [0, 0.05) is 6.42 Å². The molecule has 2 N–H and O–H groups in total. The van der Waals surface area contributed by atoms with E-state index >= 15 is 0 Å². The zero-order valence-corrected chi connectivity index (χ0v) is 11.8. The summed E-state index contributed by atoms with van der Waals surface area (Å²) in [6, 6.07) is 1.66. The van der Waals surface area contributed by atoms with Gasteiger partial charge in [-0.05, 0) is 25.3 Å². The van der Waals surface area contributed by atoms with E-state index in [0.717, 1.165) is 32.1 Å². The number of carboxylic acid groups (broad SMARTS) is 1. The fourth-order valence-electron chi connectivity index (χ4n) is 2.96. The highest BCUT2D eigenvalue weighted by atomic mass is 16.4. The second-order valence-electron chi connectivity index (χ2n) is 5.52. The molecule has 0 unspecified atom stereocenters. The van der Waals surface area contributed by atoms with Gasteiger partial charge in [-0.3, -0.25) is 9.59 Å². The first-order valence-corrected chi connectivity index (χ1v) is 7.17. The van der Waals surface area contributed by atoms with E-state index < -0.39 is 11.5 Å². The van der Waals surface area contributed by atoms with Crippen LogP contribution in [0.3, 0.4) is 0 Å². The summed E-state index contributed by atoms with van der Waals surface area (Å²) >= 11 is 0. The smallest absolute Gasteiger partial charge is 0.305 e. The standard InChI is InChI=1S/C15H21NO4/c1-2-5-12-11(6-9-20-12)14(19)16-15(10-13(17)18)7-3-4-8-15/h6,9H,2-5,7-8,10H2,1H3,(H,16,19)(H,17,18). The van der Waals surface area contributed by atoms with E-state index in [0.29, 0.717) is 17.7 Å². The van der Waals surface area contributed by atoms with Gasteiger partial charge in [0.05, 0.1) is 23.8 Å². The molecule has 2 rings (SSSR count). The van der Waals surface area contributed by atoms with Crippen LogP contribution in [0.2, 0.25) is 0 Å². The Labute approximate surface area is 118 Å². The fourth-order valence-corrected chi connectivity index (χ4v) is 2.96. The average Bonchev–Trinajstić information content (AvgIpc) is 2.98. The Balaban J connectivity index is 2.12. The van der Waals surface area contributed by atoms with Crippen molar-refractivity contribution in [1.82, 2.24) is 5.32 Å². The molecule has 0 saturated heterocycles. The third-order valence-electron chi connectivity index (χ3n) is 3.90. The zero-order valence-electron chi connectivity index (χ0n) is 11.8. The van der Waals surface area contributed by atoms with Crippen molar-refractivity contribution in [2.24, 2.45) is 0 Å². The van der Waals surface area contributed by atoms with Gasteiger partial charge in [-0.1, -0.05) is 19.8 Å². The number of hydrogen-bond donors (Lipinski definition) is 2. The minimum absolute atomic E-state index is 0.0142. The van der Waals surface area contributed by atoms with Gasteiger partial charge in [0.25, 0.3) is 5.91 Å². The molecule has 1 aliphatic rings. The summed E-state index contributed by atoms with van der Waals surface area (Å²) in [5.74, 6) is -0.410. The van der Waals surface area contributed by atoms with Crippen LogP contribution in [0, 0.1) is 0 Å². The summed E-state index contributed by atoms with van der Waals surface area (Å²) in [7, 11) is 0. The van der Waals surface area contributed by atoms with Crippen LogP contribution in [0.4, 0.5) is 0 Å². The molecule has 0 bridgehead atoms. The van der Waals surface area contributed by atoms with Crippen LogP contribution in [0.25, 0.3) is 0 Å². The van der Waals surface area contributed by atoms with Crippen LogP contribution in [0.5, 0.6) is 0 Å². The molecule has 1 aromatic rings. The molecule has 0 spiro atoms. The summed E-state index contributed by atoms with van der Waals surface area (Å²) in [4.78, 5) is 23.4. The van der Waals surface area contributed by atoms with Crippen molar-refractivity contribution in [3.05, 3.63) is 23.7 Å². The lowest BCUT2D eigenvalue weighted by Gasteiger charge is -2.28. The van der Waals surface area contributed by atoms with E-state index in [-0.39, 0.29) is 12.3 Å². The predicted octanol–water partition coefficient (Wildman–Crippen LogP) is 2.75. The minimum atomic E-state index is -0.867. The Hall–Kier alpha value is -1.78. The Kier molecular flexibility index (Phi) is 4.47. The van der Waals surface area contributed by atoms with Crippen LogP contribution < -0.4 is 5.32 Å². The Morgan fingerprint density at radius 3 is 2.70 bits per heavy atom. The second-order valence-corrected chi connectivity index (χ2v) is 5.52. The van der Waals surface area contributed by atoms with Gasteiger partial charge in [0.15, 0.2) is 0 Å². The number of carbonyl (C=O) groups excluding carboxylic acids is 1. The molecular formula is C15H21NO4. The molecule has 1 aliphatic carbocycles. The molecule has 0 radical (unpaired) electrons. The highest BCUT2D eigenvalue weighted by Gasteiger charge is 2.38. The number of furan rings is 1. The first kappa shape index (κ1) is 14.6. The maximum atomic E-state index is 12.4. The molecule has 1 saturated carbocycles. The van der Waals surface area contributed by atoms with Crippen LogP contribution in [-0.2, 0) is 11.2 Å². The first-order valence-electron chi connectivity index (χ1n) is 7.17. The predicted molar refractivity (Wildman–Crippen MR) is 73.6 cm³/mol. The lowest BCUT2D eigenvalue weighted by Crippen LogP contribution is -2.47. The molecule has 5 heteroatoms. The molecule has 1 heterocycles. The Bertz CT molecular complexity index is 486. The van der Waals surface area contributed by atoms with Crippen molar-refractivity contribution in [3.63, 3.8) is 0 Å². The molecule has 1 amide bonds. The summed E-state index contributed by atoms with van der Waals surface area (Å²) in [6.45, 7) is 2.02. The number of hydrogen-bond acceptors (Lipinski definition) is 3. The zero-order chi connectivity index (χ0) is 14.6. The normalized spacial score (nSPS) is 17.1. The van der Waals surface area contributed by atoms with Gasteiger partial charge in [-0.15, -0.1) is 0 Å². The monoisotopic (exact) mass is 279 g/mol. The molecule has 110 valence electrons. The second kappa shape index (κ2) is 6.11. The number of carboxylic acids is 1. The third-order valence-corrected chi connectivity index (χ3v) is 3.90. The quantitative estimate of drug-likeness (QED) is 0.839. The van der Waals surface area contributed by atoms with Crippen molar-refractivity contribution >= 4 is 11.9 Å². The average molecular weight is 279 g/mol. The largest absolute Gasteiger partial charge is 0.481 e. The molecule has 0 aromatic carbocycles. The molecule has 5 nitrogen and oxygen atoms in total. The lowest BCUT2D eigenvalue weighted by atomic mass is 9.92. The van der Waals surface area contributed by atoms with Crippen molar-refractivity contribution in [2.75, 3.05) is 0 Å². The highest BCUT2D eigenvalue weighted by molar-refractivity contribution is 5.96. The molecule has 1 fully saturated rings. The summed E-state index contributed by atoms with van der Waals surface area (Å²) in [6.07, 6.45) is 6.48. The summed E-state index contributed by atoms with van der Waals surface area (Å²) in [5.41, 5.74) is -0.0625. The third kappa shape index (κ3) is 3.21. The van der Waals surface area contributed by atoms with E-state index in [2.05, 4.69) is 5.32 Å². The van der Waals surface area contributed by atoms with Crippen LogP contribution >= 0.6 is 0 Å². The number of amides is 1. The van der Waals surface area contributed by atoms with E-state index in [9.17, 15) is 9.59 Å². The number of aryl methyl sites for hydroxylation is 1. The van der Waals surface area contributed by atoms with Gasteiger partial charge in [-0.25, -0.2) is 0 Å².